The van der Waals surface area contributed by atoms with Crippen LogP contribution in [0.4, 0.5) is 13.9 Å². The lowest BCUT2D eigenvalue weighted by Crippen LogP contribution is -2.20. The highest BCUT2D eigenvalue weighted by atomic mass is 32.1. The van der Waals surface area contributed by atoms with E-state index < -0.39 is 11.6 Å². The summed E-state index contributed by atoms with van der Waals surface area (Å²) in [5.74, 6) is -1.87. The predicted octanol–water partition coefficient (Wildman–Crippen LogP) is 4.96. The molecule has 3 aromatic heterocycles. The normalized spacial score (nSPS) is 11.1. The van der Waals surface area contributed by atoms with Gasteiger partial charge in [0, 0.05) is 46.8 Å². The van der Waals surface area contributed by atoms with E-state index in [9.17, 15) is 18.4 Å². The van der Waals surface area contributed by atoms with Gasteiger partial charge in [0.25, 0.3) is 11.5 Å². The number of carbonyl (C=O) groups is 1. The molecule has 5 aromatic rings. The Morgan fingerprint density at radius 2 is 1.89 bits per heavy atom. The van der Waals surface area contributed by atoms with Crippen LogP contribution in [-0.2, 0) is 7.05 Å². The number of aromatic nitrogens is 4. The maximum absolute atomic E-state index is 14.5. The van der Waals surface area contributed by atoms with Crippen molar-refractivity contribution < 1.29 is 13.6 Å². The van der Waals surface area contributed by atoms with Gasteiger partial charge in [0.1, 0.15) is 17.3 Å². The van der Waals surface area contributed by atoms with Gasteiger partial charge in [0.2, 0.25) is 0 Å². The van der Waals surface area contributed by atoms with E-state index in [4.69, 9.17) is 0 Å². The summed E-state index contributed by atoms with van der Waals surface area (Å²) in [5, 5.41) is 13.5. The summed E-state index contributed by atoms with van der Waals surface area (Å²) in [6.45, 7) is 1.84. The standard InChI is InChI=1S/C25H17F2N5O2S/c1-13-3-4-14(23(33)30-25-28-7-8-35-25)9-18(13)19-10-15-12-29-31-21(22(15)32(2)24(19)34)17-6-5-16(26)11-20(17)27/h3-12H,1-2H3,(H,28,30,33). The first-order valence-corrected chi connectivity index (χ1v) is 11.3. The molecule has 2 aromatic carbocycles. The van der Waals surface area contributed by atoms with Gasteiger partial charge in [-0.2, -0.15) is 5.10 Å². The summed E-state index contributed by atoms with van der Waals surface area (Å²) < 4.78 is 29.3. The monoisotopic (exact) mass is 489 g/mol. The zero-order chi connectivity index (χ0) is 24.7. The van der Waals surface area contributed by atoms with E-state index >= 15 is 0 Å². The molecule has 7 nitrogen and oxygen atoms in total. The Labute approximate surface area is 201 Å². The second kappa shape index (κ2) is 8.80. The third kappa shape index (κ3) is 4.08. The summed E-state index contributed by atoms with van der Waals surface area (Å²) in [6.07, 6.45) is 3.06. The fourth-order valence-electron chi connectivity index (χ4n) is 3.92. The molecule has 0 unspecified atom stereocenters. The van der Waals surface area contributed by atoms with E-state index in [2.05, 4.69) is 20.5 Å². The molecule has 0 aliphatic heterocycles. The van der Waals surface area contributed by atoms with Crippen molar-refractivity contribution >= 4 is 33.3 Å². The fraction of sp³-hybridized carbons (Fsp3) is 0.0800. The molecule has 1 N–H and O–H groups in total. The van der Waals surface area contributed by atoms with Gasteiger partial charge < -0.3 is 4.57 Å². The van der Waals surface area contributed by atoms with Gasteiger partial charge in [-0.3, -0.25) is 14.9 Å². The van der Waals surface area contributed by atoms with Crippen LogP contribution in [0.15, 0.2) is 65.0 Å². The lowest BCUT2D eigenvalue weighted by atomic mass is 9.97. The lowest BCUT2D eigenvalue weighted by Gasteiger charge is -2.14. The number of halogens is 2. The average Bonchev–Trinajstić information content (AvgIpc) is 3.34. The van der Waals surface area contributed by atoms with Gasteiger partial charge in [-0.1, -0.05) is 6.07 Å². The van der Waals surface area contributed by atoms with Crippen molar-refractivity contribution in [1.82, 2.24) is 19.7 Å². The number of nitrogens with one attached hydrogen (secondary N) is 1. The maximum atomic E-state index is 14.5. The number of amides is 1. The molecule has 0 radical (unpaired) electrons. The molecule has 0 aliphatic carbocycles. The molecule has 0 atom stereocenters. The second-order valence-electron chi connectivity index (χ2n) is 7.86. The van der Waals surface area contributed by atoms with Gasteiger partial charge in [-0.05, 0) is 48.4 Å². The second-order valence-corrected chi connectivity index (χ2v) is 8.76. The molecule has 0 fully saturated rings. The molecule has 174 valence electrons. The highest BCUT2D eigenvalue weighted by Crippen LogP contribution is 2.30. The lowest BCUT2D eigenvalue weighted by molar-refractivity contribution is 0.102. The molecule has 0 spiro atoms. The Hall–Kier alpha value is -4.31. The third-order valence-corrected chi connectivity index (χ3v) is 6.34. The number of anilines is 1. The summed E-state index contributed by atoms with van der Waals surface area (Å²) in [6, 6.07) is 9.87. The van der Waals surface area contributed by atoms with E-state index in [1.54, 1.807) is 42.9 Å². The van der Waals surface area contributed by atoms with Gasteiger partial charge in [-0.15, -0.1) is 16.4 Å². The fourth-order valence-corrected chi connectivity index (χ4v) is 4.44. The number of pyridine rings is 1. The number of carbonyl (C=O) groups excluding carboxylic acids is 1. The number of fused-ring (bicyclic) bond motifs is 1. The van der Waals surface area contributed by atoms with E-state index in [0.29, 0.717) is 32.7 Å². The van der Waals surface area contributed by atoms with E-state index in [0.717, 1.165) is 17.7 Å². The molecule has 10 heteroatoms. The first kappa shape index (κ1) is 22.5. The van der Waals surface area contributed by atoms with Crippen LogP contribution in [0, 0.1) is 18.6 Å². The molecular weight excluding hydrogens is 472 g/mol. The van der Waals surface area contributed by atoms with Gasteiger partial charge in [-0.25, -0.2) is 13.8 Å². The molecule has 1 amide bonds. The first-order valence-electron chi connectivity index (χ1n) is 10.5. The first-order chi connectivity index (χ1) is 16.8. The highest BCUT2D eigenvalue weighted by Gasteiger charge is 2.19. The highest BCUT2D eigenvalue weighted by molar-refractivity contribution is 7.13. The van der Waals surface area contributed by atoms with Gasteiger partial charge >= 0.3 is 0 Å². The van der Waals surface area contributed by atoms with Crippen molar-refractivity contribution in [3.63, 3.8) is 0 Å². The number of benzene rings is 2. The maximum Gasteiger partial charge on any atom is 0.258 e. The predicted molar refractivity (Wildman–Crippen MR) is 130 cm³/mol. The van der Waals surface area contributed by atoms with E-state index in [1.165, 1.54) is 28.2 Å². The summed E-state index contributed by atoms with van der Waals surface area (Å²) in [7, 11) is 1.55. The van der Waals surface area contributed by atoms with Crippen molar-refractivity contribution in [2.24, 2.45) is 7.05 Å². The number of nitrogens with zero attached hydrogens (tertiary/aromatic N) is 4. The number of hydrogen-bond donors (Lipinski definition) is 1. The van der Waals surface area contributed by atoms with Crippen LogP contribution in [-0.4, -0.2) is 25.7 Å². The zero-order valence-corrected chi connectivity index (χ0v) is 19.4. The Morgan fingerprint density at radius 3 is 2.63 bits per heavy atom. The molecule has 0 saturated heterocycles. The van der Waals surface area contributed by atoms with Gasteiger partial charge in [0.05, 0.1) is 11.7 Å². The van der Waals surface area contributed by atoms with E-state index in [-0.39, 0.29) is 22.7 Å². The minimum absolute atomic E-state index is 0.0317. The van der Waals surface area contributed by atoms with Crippen LogP contribution >= 0.6 is 11.3 Å². The Balaban J connectivity index is 1.65. The van der Waals surface area contributed by atoms with Crippen molar-refractivity contribution in [1.29, 1.82) is 0 Å². The topological polar surface area (TPSA) is 89.8 Å². The number of thiazole rings is 1. The van der Waals surface area contributed by atoms with Crippen LogP contribution in [0.5, 0.6) is 0 Å². The molecular formula is C25H17F2N5O2S. The summed E-state index contributed by atoms with van der Waals surface area (Å²) in [5.41, 5.74) is 2.22. The largest absolute Gasteiger partial charge is 0.309 e. The molecule has 35 heavy (non-hydrogen) atoms. The van der Waals surface area contributed by atoms with Crippen LogP contribution in [0.3, 0.4) is 0 Å². The summed E-state index contributed by atoms with van der Waals surface area (Å²) in [4.78, 5) is 30.2. The van der Waals surface area contributed by atoms with Crippen molar-refractivity contribution in [3.05, 3.63) is 93.4 Å². The van der Waals surface area contributed by atoms with Crippen molar-refractivity contribution in [2.75, 3.05) is 5.32 Å². The van der Waals surface area contributed by atoms with Crippen LogP contribution < -0.4 is 10.9 Å². The Morgan fingerprint density at radius 1 is 1.06 bits per heavy atom. The molecule has 5 rings (SSSR count). The van der Waals surface area contributed by atoms with Crippen LogP contribution in [0.1, 0.15) is 15.9 Å². The molecule has 0 saturated carbocycles. The third-order valence-electron chi connectivity index (χ3n) is 5.65. The minimum Gasteiger partial charge on any atom is -0.309 e. The SMILES string of the molecule is Cc1ccc(C(=O)Nc2nccs2)cc1-c1cc2cnnc(-c3ccc(F)cc3F)c2n(C)c1=O. The van der Waals surface area contributed by atoms with Crippen LogP contribution in [0.25, 0.3) is 33.3 Å². The number of aryl methyl sites for hydroxylation is 2. The Kier molecular flexibility index (Phi) is 5.65. The minimum atomic E-state index is -0.807. The number of hydrogen-bond acceptors (Lipinski definition) is 6. The Bertz CT molecular complexity index is 1670. The zero-order valence-electron chi connectivity index (χ0n) is 18.5. The van der Waals surface area contributed by atoms with Gasteiger partial charge in [0.15, 0.2) is 5.13 Å². The smallest absolute Gasteiger partial charge is 0.258 e. The molecule has 0 bridgehead atoms. The summed E-state index contributed by atoms with van der Waals surface area (Å²) >= 11 is 1.30. The van der Waals surface area contributed by atoms with Crippen molar-refractivity contribution in [3.8, 4) is 22.4 Å². The average molecular weight is 490 g/mol. The van der Waals surface area contributed by atoms with Crippen LogP contribution in [0.2, 0.25) is 0 Å². The molecule has 3 heterocycles. The number of rotatable bonds is 4. The molecule has 0 aliphatic rings. The van der Waals surface area contributed by atoms with Crippen molar-refractivity contribution in [2.45, 2.75) is 6.92 Å². The van der Waals surface area contributed by atoms with E-state index in [1.807, 2.05) is 6.92 Å². The quantitative estimate of drug-likeness (QED) is 0.386.